The maximum atomic E-state index is 10.1. The summed E-state index contributed by atoms with van der Waals surface area (Å²) in [7, 11) is 0. The Labute approximate surface area is 141 Å². The monoisotopic (exact) mass is 325 g/mol. The van der Waals surface area contributed by atoms with Crippen LogP contribution in [-0.2, 0) is 0 Å². The van der Waals surface area contributed by atoms with Gasteiger partial charge in [0.15, 0.2) is 0 Å². The summed E-state index contributed by atoms with van der Waals surface area (Å²) in [6.45, 7) is 3.11. The minimum absolute atomic E-state index is 0.171. The van der Waals surface area contributed by atoms with Crippen molar-refractivity contribution in [2.45, 2.75) is 44.8 Å². The summed E-state index contributed by atoms with van der Waals surface area (Å²) in [4.78, 5) is 5.85. The molecule has 6 heteroatoms. The number of hydrogen-bond donors (Lipinski definition) is 2. The average molecular weight is 325 g/mol. The first-order valence-electron chi connectivity index (χ1n) is 8.67. The van der Waals surface area contributed by atoms with E-state index < -0.39 is 0 Å². The summed E-state index contributed by atoms with van der Waals surface area (Å²) in [5.41, 5.74) is 3.41. The Balaban J connectivity index is 1.74. The van der Waals surface area contributed by atoms with Crippen LogP contribution in [0.25, 0.3) is 16.6 Å². The first-order valence-corrected chi connectivity index (χ1v) is 8.67. The molecule has 3 heterocycles. The highest BCUT2D eigenvalue weighted by atomic mass is 16.3. The fraction of sp³-hybridized carbons (Fsp3) is 0.444. The SMILES string of the molecule is CCCC1CC(O)CCN1c1c[nH]c2ccc(-n3cnnc3)cc12. The number of H-pyrrole nitrogens is 1. The van der Waals surface area contributed by atoms with Gasteiger partial charge in [-0.3, -0.25) is 4.57 Å². The van der Waals surface area contributed by atoms with Crippen LogP contribution in [0.5, 0.6) is 0 Å². The standard InChI is InChI=1S/C18H23N5O/c1-2-3-14-8-15(24)6-7-23(14)18-10-19-17-5-4-13(9-16(17)18)22-11-20-21-12-22/h4-5,9-12,14-15,19,24H,2-3,6-8H2,1H3. The van der Waals surface area contributed by atoms with Crippen molar-refractivity contribution in [3.63, 3.8) is 0 Å². The largest absolute Gasteiger partial charge is 0.393 e. The van der Waals surface area contributed by atoms with Gasteiger partial charge in [-0.25, -0.2) is 0 Å². The Bertz CT molecular complexity index is 810. The van der Waals surface area contributed by atoms with E-state index in [0.29, 0.717) is 6.04 Å². The number of rotatable bonds is 4. The van der Waals surface area contributed by atoms with E-state index in [4.69, 9.17) is 0 Å². The molecule has 0 saturated carbocycles. The first kappa shape index (κ1) is 15.2. The van der Waals surface area contributed by atoms with Gasteiger partial charge in [0.2, 0.25) is 0 Å². The number of nitrogens with zero attached hydrogens (tertiary/aromatic N) is 4. The molecule has 1 fully saturated rings. The molecule has 1 aliphatic heterocycles. The topological polar surface area (TPSA) is 70.0 Å². The second-order valence-corrected chi connectivity index (χ2v) is 6.59. The number of piperidine rings is 1. The Morgan fingerprint density at radius 3 is 2.92 bits per heavy atom. The van der Waals surface area contributed by atoms with Crippen LogP contribution in [0.1, 0.15) is 32.6 Å². The third kappa shape index (κ3) is 2.67. The Hall–Kier alpha value is -2.34. The van der Waals surface area contributed by atoms with Gasteiger partial charge in [0.1, 0.15) is 12.7 Å². The highest BCUT2D eigenvalue weighted by molar-refractivity contribution is 5.94. The molecule has 1 saturated heterocycles. The quantitative estimate of drug-likeness (QED) is 0.774. The van der Waals surface area contributed by atoms with Gasteiger partial charge in [0.25, 0.3) is 0 Å². The van der Waals surface area contributed by atoms with E-state index in [2.05, 4.69) is 51.4 Å². The van der Waals surface area contributed by atoms with Gasteiger partial charge in [0.05, 0.1) is 11.8 Å². The molecule has 126 valence electrons. The van der Waals surface area contributed by atoms with Gasteiger partial charge in [-0.05, 0) is 37.5 Å². The number of benzene rings is 1. The number of anilines is 1. The normalized spacial score (nSPS) is 21.5. The molecule has 0 radical (unpaired) electrons. The van der Waals surface area contributed by atoms with Crippen LogP contribution in [0.3, 0.4) is 0 Å². The molecule has 2 atom stereocenters. The van der Waals surface area contributed by atoms with E-state index in [0.717, 1.165) is 43.4 Å². The van der Waals surface area contributed by atoms with Crippen LogP contribution in [0, 0.1) is 0 Å². The third-order valence-electron chi connectivity index (χ3n) is 4.98. The summed E-state index contributed by atoms with van der Waals surface area (Å²) in [6, 6.07) is 6.74. The van der Waals surface area contributed by atoms with E-state index >= 15 is 0 Å². The van der Waals surface area contributed by atoms with Crippen molar-refractivity contribution in [2.75, 3.05) is 11.4 Å². The number of aliphatic hydroxyl groups excluding tert-OH is 1. The van der Waals surface area contributed by atoms with E-state index in [1.165, 1.54) is 11.1 Å². The lowest BCUT2D eigenvalue weighted by atomic mass is 9.95. The van der Waals surface area contributed by atoms with Gasteiger partial charge < -0.3 is 15.0 Å². The van der Waals surface area contributed by atoms with Crippen molar-refractivity contribution >= 4 is 16.6 Å². The predicted octanol–water partition coefficient (Wildman–Crippen LogP) is 2.88. The fourth-order valence-electron chi connectivity index (χ4n) is 3.78. The summed E-state index contributed by atoms with van der Waals surface area (Å²) in [6.07, 6.45) is 9.27. The molecule has 2 aromatic heterocycles. The number of hydrogen-bond acceptors (Lipinski definition) is 4. The second kappa shape index (κ2) is 6.28. The minimum atomic E-state index is -0.171. The van der Waals surface area contributed by atoms with Crippen molar-refractivity contribution in [1.29, 1.82) is 0 Å². The van der Waals surface area contributed by atoms with E-state index in [9.17, 15) is 5.11 Å². The van der Waals surface area contributed by atoms with E-state index in [1.807, 2.05) is 4.57 Å². The van der Waals surface area contributed by atoms with Gasteiger partial charge in [-0.1, -0.05) is 13.3 Å². The second-order valence-electron chi connectivity index (χ2n) is 6.59. The van der Waals surface area contributed by atoms with Gasteiger partial charge in [-0.2, -0.15) is 0 Å². The number of fused-ring (bicyclic) bond motifs is 1. The highest BCUT2D eigenvalue weighted by Crippen LogP contribution is 2.34. The Kier molecular flexibility index (Phi) is 3.98. The zero-order chi connectivity index (χ0) is 16.5. The molecule has 2 N–H and O–H groups in total. The molecule has 0 bridgehead atoms. The van der Waals surface area contributed by atoms with Crippen LogP contribution in [0.2, 0.25) is 0 Å². The lowest BCUT2D eigenvalue weighted by Gasteiger charge is -2.39. The van der Waals surface area contributed by atoms with Gasteiger partial charge in [-0.15, -0.1) is 10.2 Å². The highest BCUT2D eigenvalue weighted by Gasteiger charge is 2.28. The fourth-order valence-corrected chi connectivity index (χ4v) is 3.78. The van der Waals surface area contributed by atoms with Gasteiger partial charge >= 0.3 is 0 Å². The predicted molar refractivity (Wildman–Crippen MR) is 94.5 cm³/mol. The van der Waals surface area contributed by atoms with Crippen molar-refractivity contribution < 1.29 is 5.11 Å². The minimum Gasteiger partial charge on any atom is -0.393 e. The summed E-state index contributed by atoms with van der Waals surface area (Å²) < 4.78 is 1.92. The van der Waals surface area contributed by atoms with Crippen molar-refractivity contribution in [3.05, 3.63) is 37.1 Å². The number of aromatic nitrogens is 4. The molecule has 0 spiro atoms. The van der Waals surface area contributed by atoms with Crippen LogP contribution >= 0.6 is 0 Å². The molecule has 1 aromatic carbocycles. The summed E-state index contributed by atoms with van der Waals surface area (Å²) >= 11 is 0. The van der Waals surface area contributed by atoms with Crippen molar-refractivity contribution in [2.24, 2.45) is 0 Å². The van der Waals surface area contributed by atoms with Gasteiger partial charge in [0, 0.05) is 35.4 Å². The maximum absolute atomic E-state index is 10.1. The summed E-state index contributed by atoms with van der Waals surface area (Å²) in [5.74, 6) is 0. The summed E-state index contributed by atoms with van der Waals surface area (Å²) in [5, 5.41) is 19.0. The molecule has 3 aromatic rings. The Morgan fingerprint density at radius 1 is 1.29 bits per heavy atom. The van der Waals surface area contributed by atoms with Crippen LogP contribution < -0.4 is 4.90 Å². The molecule has 1 aliphatic rings. The molecule has 24 heavy (non-hydrogen) atoms. The average Bonchev–Trinajstić information content (AvgIpc) is 3.24. The molecule has 6 nitrogen and oxygen atoms in total. The number of aliphatic hydroxyl groups is 1. The molecule has 4 rings (SSSR count). The third-order valence-corrected chi connectivity index (χ3v) is 4.98. The van der Waals surface area contributed by atoms with Crippen molar-refractivity contribution in [1.82, 2.24) is 19.7 Å². The van der Waals surface area contributed by atoms with Crippen LogP contribution in [0.15, 0.2) is 37.1 Å². The molecule has 2 unspecified atom stereocenters. The molecule has 0 amide bonds. The lowest BCUT2D eigenvalue weighted by molar-refractivity contribution is 0.126. The van der Waals surface area contributed by atoms with Crippen LogP contribution in [0.4, 0.5) is 5.69 Å². The van der Waals surface area contributed by atoms with E-state index in [1.54, 1.807) is 12.7 Å². The maximum Gasteiger partial charge on any atom is 0.123 e. The molecular formula is C18H23N5O. The number of aromatic amines is 1. The Morgan fingerprint density at radius 2 is 2.12 bits per heavy atom. The van der Waals surface area contributed by atoms with Crippen molar-refractivity contribution in [3.8, 4) is 5.69 Å². The zero-order valence-electron chi connectivity index (χ0n) is 13.9. The smallest absolute Gasteiger partial charge is 0.123 e. The first-order chi connectivity index (χ1) is 11.8. The molecule has 0 aliphatic carbocycles. The van der Waals surface area contributed by atoms with Crippen LogP contribution in [-0.4, -0.2) is 43.5 Å². The molecular weight excluding hydrogens is 302 g/mol. The lowest BCUT2D eigenvalue weighted by Crippen LogP contribution is -2.44. The zero-order valence-corrected chi connectivity index (χ0v) is 13.9. The number of nitrogens with one attached hydrogen (secondary N) is 1. The van der Waals surface area contributed by atoms with E-state index in [-0.39, 0.29) is 6.10 Å².